The molecule has 6 nitrogen and oxygen atoms in total. The summed E-state index contributed by atoms with van der Waals surface area (Å²) >= 11 is 0. The lowest BCUT2D eigenvalue weighted by atomic mass is 9.75. The summed E-state index contributed by atoms with van der Waals surface area (Å²) < 4.78 is 49.4. The lowest BCUT2D eigenvalue weighted by Gasteiger charge is -2.36. The van der Waals surface area contributed by atoms with E-state index in [1.165, 1.54) is 18.2 Å². The summed E-state index contributed by atoms with van der Waals surface area (Å²) in [6.07, 6.45) is -2.04. The molecule has 0 radical (unpaired) electrons. The highest BCUT2D eigenvalue weighted by molar-refractivity contribution is 6.04. The first-order valence-corrected chi connectivity index (χ1v) is 11.9. The van der Waals surface area contributed by atoms with Crippen LogP contribution < -0.4 is 5.32 Å². The van der Waals surface area contributed by atoms with Crippen LogP contribution in [0, 0.1) is 17.8 Å². The van der Waals surface area contributed by atoms with Crippen molar-refractivity contribution in [2.75, 3.05) is 11.9 Å². The van der Waals surface area contributed by atoms with Crippen molar-refractivity contribution in [1.82, 2.24) is 0 Å². The molecule has 1 N–H and O–H groups in total. The highest BCUT2D eigenvalue weighted by atomic mass is 19.4. The van der Waals surface area contributed by atoms with Crippen LogP contribution in [-0.4, -0.2) is 30.6 Å². The van der Waals surface area contributed by atoms with Gasteiger partial charge in [-0.1, -0.05) is 45.4 Å². The van der Waals surface area contributed by atoms with Gasteiger partial charge in [0.25, 0.3) is 5.91 Å². The fourth-order valence-electron chi connectivity index (χ4n) is 4.47. The number of amides is 1. The van der Waals surface area contributed by atoms with E-state index in [4.69, 9.17) is 9.47 Å². The van der Waals surface area contributed by atoms with Crippen molar-refractivity contribution in [1.29, 1.82) is 0 Å². The van der Waals surface area contributed by atoms with Gasteiger partial charge in [0, 0.05) is 5.69 Å². The summed E-state index contributed by atoms with van der Waals surface area (Å²) in [5.41, 5.74) is -1.03. The first-order valence-electron chi connectivity index (χ1n) is 11.9. The maximum atomic E-state index is 13.0. The quantitative estimate of drug-likeness (QED) is 0.459. The highest BCUT2D eigenvalue weighted by Crippen LogP contribution is 2.36. The van der Waals surface area contributed by atoms with Crippen LogP contribution in [0.2, 0.25) is 0 Å². The van der Waals surface area contributed by atoms with Gasteiger partial charge in [-0.15, -0.1) is 0 Å². The van der Waals surface area contributed by atoms with Gasteiger partial charge >= 0.3 is 18.1 Å². The zero-order valence-electron chi connectivity index (χ0n) is 20.4. The Bertz CT molecular complexity index is 1100. The Kier molecular flexibility index (Phi) is 8.76. The lowest BCUT2D eigenvalue weighted by Crippen LogP contribution is -2.36. The Morgan fingerprint density at radius 3 is 2.31 bits per heavy atom. The maximum Gasteiger partial charge on any atom is 0.416 e. The number of carbonyl (C=O) groups is 3. The summed E-state index contributed by atoms with van der Waals surface area (Å²) in [7, 11) is 0. The predicted molar refractivity (Wildman–Crippen MR) is 127 cm³/mol. The van der Waals surface area contributed by atoms with Crippen molar-refractivity contribution in [2.45, 2.75) is 52.3 Å². The van der Waals surface area contributed by atoms with Crippen molar-refractivity contribution in [3.8, 4) is 0 Å². The van der Waals surface area contributed by atoms with Crippen LogP contribution in [0.3, 0.4) is 0 Å². The number of esters is 2. The minimum Gasteiger partial charge on any atom is -0.458 e. The molecule has 1 aliphatic rings. The van der Waals surface area contributed by atoms with E-state index in [9.17, 15) is 27.6 Å². The Morgan fingerprint density at radius 2 is 1.67 bits per heavy atom. The molecule has 0 unspecified atom stereocenters. The molecule has 1 aliphatic carbocycles. The van der Waals surface area contributed by atoms with Crippen LogP contribution in [0.15, 0.2) is 48.5 Å². The van der Waals surface area contributed by atoms with E-state index >= 15 is 0 Å². The molecule has 1 saturated carbocycles. The fraction of sp³-hybridized carbons (Fsp3) is 0.444. The second-order valence-corrected chi connectivity index (χ2v) is 9.52. The normalized spacial score (nSPS) is 20.0. The maximum absolute atomic E-state index is 13.0. The van der Waals surface area contributed by atoms with E-state index in [1.807, 2.05) is 0 Å². The van der Waals surface area contributed by atoms with Crippen LogP contribution in [0.4, 0.5) is 18.9 Å². The summed E-state index contributed by atoms with van der Waals surface area (Å²) in [4.78, 5) is 37.8. The van der Waals surface area contributed by atoms with Gasteiger partial charge < -0.3 is 14.8 Å². The average Bonchev–Trinajstić information content (AvgIpc) is 2.82. The minimum absolute atomic E-state index is 0.0292. The van der Waals surface area contributed by atoms with Crippen molar-refractivity contribution < 1.29 is 37.0 Å². The largest absolute Gasteiger partial charge is 0.458 e. The van der Waals surface area contributed by atoms with E-state index < -0.39 is 36.2 Å². The number of ether oxygens (including phenoxy) is 2. The monoisotopic (exact) mass is 505 g/mol. The van der Waals surface area contributed by atoms with Gasteiger partial charge in [0.2, 0.25) is 0 Å². The van der Waals surface area contributed by atoms with Crippen molar-refractivity contribution in [2.24, 2.45) is 17.8 Å². The molecule has 36 heavy (non-hydrogen) atoms. The first kappa shape index (κ1) is 27.2. The number of alkyl halides is 3. The van der Waals surface area contributed by atoms with E-state index in [-0.39, 0.29) is 28.8 Å². The summed E-state index contributed by atoms with van der Waals surface area (Å²) in [5, 5.41) is 2.26. The van der Waals surface area contributed by atoms with Crippen LogP contribution in [0.1, 0.15) is 66.3 Å². The van der Waals surface area contributed by atoms with E-state index in [2.05, 4.69) is 26.1 Å². The van der Waals surface area contributed by atoms with Crippen molar-refractivity contribution in [3.05, 3.63) is 65.2 Å². The average molecular weight is 506 g/mol. The molecule has 0 saturated heterocycles. The van der Waals surface area contributed by atoms with Gasteiger partial charge in [0.15, 0.2) is 6.61 Å². The number of nitrogens with one attached hydrogen (secondary N) is 1. The minimum atomic E-state index is -4.56. The van der Waals surface area contributed by atoms with Gasteiger partial charge in [-0.3, -0.25) is 4.79 Å². The standard InChI is InChI=1S/C27H30F3NO5/c1-16(2)20-12-11-17(3)13-23(20)36-26(34)22-10-5-4-9-21(22)25(33)35-15-24(32)31-19-8-6-7-18(14-19)27(28,29)30/h4-10,14,16-17,20,23H,11-13,15H2,1-3H3,(H,31,32)/t17-,20+,23+/m1/s1. The summed E-state index contributed by atoms with van der Waals surface area (Å²) in [6, 6.07) is 10.1. The van der Waals surface area contributed by atoms with Crippen LogP contribution in [-0.2, 0) is 20.4 Å². The Morgan fingerprint density at radius 1 is 1.00 bits per heavy atom. The van der Waals surface area contributed by atoms with E-state index in [0.29, 0.717) is 11.8 Å². The van der Waals surface area contributed by atoms with Crippen LogP contribution in [0.25, 0.3) is 0 Å². The zero-order valence-corrected chi connectivity index (χ0v) is 20.4. The van der Waals surface area contributed by atoms with Gasteiger partial charge in [-0.05, 0) is 60.9 Å². The SMILES string of the molecule is CC(C)[C@@H]1CC[C@@H](C)C[C@@H]1OC(=O)c1ccccc1C(=O)OCC(=O)Nc1cccc(C(F)(F)F)c1. The molecular weight excluding hydrogens is 475 g/mol. The number of hydrogen-bond acceptors (Lipinski definition) is 5. The Hall–Kier alpha value is -3.36. The molecule has 1 fully saturated rings. The van der Waals surface area contributed by atoms with Crippen molar-refractivity contribution in [3.63, 3.8) is 0 Å². The molecule has 9 heteroatoms. The van der Waals surface area contributed by atoms with Crippen molar-refractivity contribution >= 4 is 23.5 Å². The molecule has 3 atom stereocenters. The topological polar surface area (TPSA) is 81.7 Å². The second kappa shape index (κ2) is 11.6. The summed E-state index contributed by atoms with van der Waals surface area (Å²) in [5.74, 6) is -1.39. The fourth-order valence-corrected chi connectivity index (χ4v) is 4.47. The van der Waals surface area contributed by atoms with E-state index in [1.54, 1.807) is 12.1 Å². The molecule has 0 aliphatic heterocycles. The Labute approximate surface area is 208 Å². The first-order chi connectivity index (χ1) is 17.0. The third-order valence-corrected chi connectivity index (χ3v) is 6.39. The highest BCUT2D eigenvalue weighted by Gasteiger charge is 2.34. The third kappa shape index (κ3) is 7.08. The number of benzene rings is 2. The molecule has 0 heterocycles. The van der Waals surface area contributed by atoms with Gasteiger partial charge in [0.05, 0.1) is 16.7 Å². The molecule has 1 amide bonds. The van der Waals surface area contributed by atoms with Gasteiger partial charge in [-0.25, -0.2) is 9.59 Å². The molecule has 2 aromatic rings. The molecule has 0 spiro atoms. The van der Waals surface area contributed by atoms with E-state index in [0.717, 1.165) is 37.5 Å². The summed E-state index contributed by atoms with van der Waals surface area (Å²) in [6.45, 7) is 5.57. The van der Waals surface area contributed by atoms with Crippen LogP contribution in [0.5, 0.6) is 0 Å². The molecule has 0 aromatic heterocycles. The van der Waals surface area contributed by atoms with Gasteiger partial charge in [0.1, 0.15) is 6.10 Å². The zero-order chi connectivity index (χ0) is 26.5. The number of halogens is 3. The number of anilines is 1. The Balaban J connectivity index is 1.64. The second-order valence-electron chi connectivity index (χ2n) is 9.52. The smallest absolute Gasteiger partial charge is 0.416 e. The molecule has 3 rings (SSSR count). The third-order valence-electron chi connectivity index (χ3n) is 6.39. The number of rotatable bonds is 7. The lowest BCUT2D eigenvalue weighted by molar-refractivity contribution is -0.137. The molecule has 194 valence electrons. The molecule has 2 aromatic carbocycles. The predicted octanol–water partition coefficient (Wildman–Crippen LogP) is 6.12. The number of carbonyl (C=O) groups excluding carboxylic acids is 3. The molecular formula is C27H30F3NO5. The van der Waals surface area contributed by atoms with Crippen LogP contribution >= 0.6 is 0 Å². The molecule has 0 bridgehead atoms. The van der Waals surface area contributed by atoms with Gasteiger partial charge in [-0.2, -0.15) is 13.2 Å². The number of hydrogen-bond donors (Lipinski definition) is 1.